The molecule has 0 amide bonds. The van der Waals surface area contributed by atoms with E-state index in [4.69, 9.17) is 34.8 Å². The van der Waals surface area contributed by atoms with Gasteiger partial charge in [0.1, 0.15) is 11.5 Å². The molecule has 0 atom stereocenters. The molecular weight excluding hydrogens is 695 g/mol. The van der Waals surface area contributed by atoms with Gasteiger partial charge < -0.3 is 5.11 Å². The Morgan fingerprint density at radius 3 is 1.78 bits per heavy atom. The van der Waals surface area contributed by atoms with Crippen LogP contribution in [0.1, 0.15) is 31.5 Å². The molecule has 2 aliphatic heterocycles. The molecule has 2 aromatic carbocycles. The van der Waals surface area contributed by atoms with E-state index in [1.165, 1.54) is 28.1 Å². The van der Waals surface area contributed by atoms with E-state index in [0.717, 1.165) is 31.5 Å². The molecule has 5 heterocycles. The average molecular weight is 728 g/mol. The van der Waals surface area contributed by atoms with E-state index < -0.39 is 5.24 Å². The smallest absolute Gasteiger partial charge is 0.281 e. The molecule has 3 aromatic heterocycles. The molecule has 0 saturated carbocycles. The second-order valence-corrected chi connectivity index (χ2v) is 12.3. The molecule has 49 heavy (non-hydrogen) atoms. The number of hydrazine groups is 1. The van der Waals surface area contributed by atoms with Crippen molar-refractivity contribution in [2.24, 2.45) is 14.1 Å². The molecule has 1 saturated heterocycles. The molecule has 5 aromatic rings. The minimum absolute atomic E-state index is 0.0437. The Morgan fingerprint density at radius 2 is 1.31 bits per heavy atom. The van der Waals surface area contributed by atoms with Crippen molar-refractivity contribution < 1.29 is 14.7 Å². The van der Waals surface area contributed by atoms with Gasteiger partial charge in [-0.3, -0.25) is 25.1 Å². The molecule has 0 bridgehead atoms. The number of carbonyl (C=O) groups is 1. The van der Waals surface area contributed by atoms with Gasteiger partial charge in [-0.2, -0.15) is 10.2 Å². The maximum atomic E-state index is 12.7. The van der Waals surface area contributed by atoms with Crippen LogP contribution in [0.4, 0.5) is 0 Å². The predicted octanol–water partition coefficient (Wildman–Crippen LogP) is 4.26. The molecule has 1 fully saturated rings. The van der Waals surface area contributed by atoms with Crippen molar-refractivity contribution in [1.82, 2.24) is 49.7 Å². The van der Waals surface area contributed by atoms with E-state index in [-0.39, 0.29) is 28.4 Å². The maximum Gasteiger partial charge on any atom is 0.281 e. The summed E-state index contributed by atoms with van der Waals surface area (Å²) in [5, 5.41) is 19.3. The zero-order valence-electron chi connectivity index (χ0n) is 26.7. The summed E-state index contributed by atoms with van der Waals surface area (Å²) in [6.45, 7) is 3.51. The number of halogens is 3. The first-order valence-electron chi connectivity index (χ1n) is 15.4. The number of allylic oxidation sites excluding steroid dienone is 1. The van der Waals surface area contributed by atoms with Crippen LogP contribution < -0.4 is 16.4 Å². The summed E-state index contributed by atoms with van der Waals surface area (Å²) in [7, 11) is 3.26. The Balaban J connectivity index is 0.000000167. The van der Waals surface area contributed by atoms with Gasteiger partial charge in [0.25, 0.3) is 10.8 Å². The van der Waals surface area contributed by atoms with Crippen LogP contribution >= 0.6 is 34.8 Å². The van der Waals surface area contributed by atoms with E-state index in [1.54, 1.807) is 59.9 Å². The highest BCUT2D eigenvalue weighted by molar-refractivity contribution is 6.75. The highest BCUT2D eigenvalue weighted by Crippen LogP contribution is 2.29. The van der Waals surface area contributed by atoms with Gasteiger partial charge in [0.2, 0.25) is 5.88 Å². The molecule has 0 spiro atoms. The Labute approximate surface area is 295 Å². The van der Waals surface area contributed by atoms with Crippen LogP contribution in [0.3, 0.4) is 0 Å². The lowest BCUT2D eigenvalue weighted by Crippen LogP contribution is -2.37. The number of nitrogens with zero attached hydrogens (tertiary/aromatic N) is 8. The highest BCUT2D eigenvalue weighted by atomic mass is 35.5. The number of aromatic nitrogens is 8. The van der Waals surface area contributed by atoms with Crippen molar-refractivity contribution in [2.75, 3.05) is 13.1 Å². The van der Waals surface area contributed by atoms with Crippen molar-refractivity contribution in [1.29, 1.82) is 0 Å². The third kappa shape index (κ3) is 8.36. The summed E-state index contributed by atoms with van der Waals surface area (Å²) in [6.07, 6.45) is 4.52. The fraction of sp³-hybridized carbons (Fsp3) is 0.312. The van der Waals surface area contributed by atoms with Gasteiger partial charge in [-0.25, -0.2) is 28.8 Å². The van der Waals surface area contributed by atoms with E-state index in [0.29, 0.717) is 46.2 Å². The van der Waals surface area contributed by atoms with Crippen molar-refractivity contribution >= 4 is 51.6 Å². The molecule has 14 nitrogen and oxygen atoms in total. The van der Waals surface area contributed by atoms with Crippen LogP contribution in [0.2, 0.25) is 10.0 Å². The van der Waals surface area contributed by atoms with E-state index in [9.17, 15) is 19.5 Å². The third-order valence-corrected chi connectivity index (χ3v) is 8.35. The first-order valence-corrected chi connectivity index (χ1v) is 16.5. The van der Waals surface area contributed by atoms with Gasteiger partial charge in [0.15, 0.2) is 28.9 Å². The molecule has 256 valence electrons. The second-order valence-electron chi connectivity index (χ2n) is 11.0. The van der Waals surface area contributed by atoms with Crippen LogP contribution in [-0.2, 0) is 36.8 Å². The Hall–Kier alpha value is -4.56. The lowest BCUT2D eigenvalue weighted by molar-refractivity contribution is -0.106. The summed E-state index contributed by atoms with van der Waals surface area (Å²) >= 11 is 17.0. The van der Waals surface area contributed by atoms with Crippen LogP contribution in [-0.4, -0.2) is 68.3 Å². The number of hydrogen-bond acceptors (Lipinski definition) is 10. The number of carbonyl (C=O) groups excluding carboxylic acids is 2. The molecule has 7 rings (SSSR count). The molecule has 2 aliphatic rings. The number of benzene rings is 2. The van der Waals surface area contributed by atoms with Crippen molar-refractivity contribution in [3.05, 3.63) is 74.8 Å². The lowest BCUT2D eigenvalue weighted by atomic mass is 10.2. The standard InChI is InChI=1S/C16H16ClN5O2.C12H7Cl2N3O2.C4H10N2/c1-20-14(18-13(19-20)10-4-6-11(17)7-5-10)12-15(23)21-8-2-3-9-22(21)16(12)24;1-17-12(9(6-18)10(14)19)15-11(16-17)7-2-4-8(13)5-3-7;1-2-4-6-5-3-1/h4-7,23H,2-3,8-9H2,1H3;2-5H,1H3;5-6H,1-4H2. The largest absolute Gasteiger partial charge is 0.493 e. The number of aryl methyl sites for hydroxylation is 2. The van der Waals surface area contributed by atoms with Gasteiger partial charge >= 0.3 is 0 Å². The van der Waals surface area contributed by atoms with E-state index in [1.807, 2.05) is 12.1 Å². The first-order chi connectivity index (χ1) is 23.6. The number of fused-ring (bicyclic) bond motifs is 1. The van der Waals surface area contributed by atoms with Gasteiger partial charge in [-0.05, 0) is 85.8 Å². The number of hydrogen-bond donors (Lipinski definition) is 3. The van der Waals surface area contributed by atoms with Crippen LogP contribution in [0.25, 0.3) is 39.7 Å². The van der Waals surface area contributed by atoms with Gasteiger partial charge in [-0.1, -0.05) is 23.2 Å². The molecule has 0 unspecified atom stereocenters. The highest BCUT2D eigenvalue weighted by Gasteiger charge is 2.26. The van der Waals surface area contributed by atoms with Gasteiger partial charge in [-0.15, -0.1) is 0 Å². The van der Waals surface area contributed by atoms with Crippen molar-refractivity contribution in [3.8, 4) is 40.0 Å². The van der Waals surface area contributed by atoms with Crippen LogP contribution in [0.5, 0.6) is 5.88 Å². The summed E-state index contributed by atoms with van der Waals surface area (Å²) in [4.78, 5) is 43.0. The van der Waals surface area contributed by atoms with Crippen molar-refractivity contribution in [3.63, 3.8) is 0 Å². The fourth-order valence-corrected chi connectivity index (χ4v) is 5.54. The number of aromatic hydroxyl groups is 1. The molecular formula is C32H33Cl3N10O4. The molecule has 17 heteroatoms. The fourth-order valence-electron chi connectivity index (χ4n) is 5.17. The van der Waals surface area contributed by atoms with Crippen LogP contribution in [0, 0.1) is 0 Å². The summed E-state index contributed by atoms with van der Waals surface area (Å²) in [5.74, 6) is 2.70. The minimum atomic E-state index is -0.923. The quantitative estimate of drug-likeness (QED) is 0.135. The van der Waals surface area contributed by atoms with Crippen molar-refractivity contribution in [2.45, 2.75) is 38.8 Å². The van der Waals surface area contributed by atoms with Gasteiger partial charge in [0.05, 0.1) is 0 Å². The summed E-state index contributed by atoms with van der Waals surface area (Å²) in [6, 6.07) is 14.0. The molecule has 0 radical (unpaired) electrons. The zero-order valence-corrected chi connectivity index (χ0v) is 28.9. The van der Waals surface area contributed by atoms with E-state index >= 15 is 0 Å². The third-order valence-electron chi connectivity index (χ3n) is 7.65. The SMILES string of the molecule is C1CCNNC1.Cn1nc(-c2ccc(Cl)cc2)nc1-c1c(O)n2n(c1=O)CCCC2.Cn1nc(-c2ccc(Cl)cc2)nc1C(=C=O)C(=O)Cl. The number of nitrogens with one attached hydrogen (secondary N) is 2. The number of rotatable bonds is 5. The maximum absolute atomic E-state index is 12.7. The van der Waals surface area contributed by atoms with Crippen LogP contribution in [0.15, 0.2) is 53.3 Å². The zero-order chi connectivity index (χ0) is 35.1. The van der Waals surface area contributed by atoms with Gasteiger partial charge in [0, 0.05) is 61.4 Å². The Bertz CT molecular complexity index is 2030. The lowest BCUT2D eigenvalue weighted by Gasteiger charge is -2.16. The topological polar surface area (TPSA) is 167 Å². The summed E-state index contributed by atoms with van der Waals surface area (Å²) < 4.78 is 6.01. The normalized spacial score (nSPS) is 13.7. The average Bonchev–Trinajstić information content (AvgIpc) is 3.76. The van der Waals surface area contributed by atoms with E-state index in [2.05, 4.69) is 31.0 Å². The Kier molecular flexibility index (Phi) is 11.8. The first kappa shape index (κ1) is 35.7. The second kappa shape index (κ2) is 16.2. The summed E-state index contributed by atoms with van der Waals surface area (Å²) in [5.41, 5.74) is 7.19. The monoisotopic (exact) mass is 726 g/mol. The Morgan fingerprint density at radius 1 is 0.796 bits per heavy atom. The molecule has 0 aliphatic carbocycles. The molecule has 3 N–H and O–H groups in total. The predicted molar refractivity (Wildman–Crippen MR) is 187 cm³/mol. The minimum Gasteiger partial charge on any atom is -0.493 e.